The SMILES string of the molecule is CC1COC(COC(=O)Nc2ccccc2)CN1c1cc(-c2ccc(C(=N)N)c(N)c2)nc(N)n1. The van der Waals surface area contributed by atoms with Crippen LogP contribution in [-0.2, 0) is 9.47 Å². The largest absolute Gasteiger partial charge is 0.446 e. The molecule has 1 fully saturated rings. The number of rotatable bonds is 6. The molecular formula is C24H28N8O3. The molecule has 1 amide bonds. The van der Waals surface area contributed by atoms with E-state index < -0.39 is 6.09 Å². The van der Waals surface area contributed by atoms with Crippen molar-refractivity contribution in [3.8, 4) is 11.3 Å². The van der Waals surface area contributed by atoms with E-state index in [1.165, 1.54) is 0 Å². The van der Waals surface area contributed by atoms with Crippen molar-refractivity contribution >= 4 is 35.1 Å². The maximum Gasteiger partial charge on any atom is 0.411 e. The molecule has 0 saturated carbocycles. The molecule has 3 aromatic rings. The minimum atomic E-state index is -0.551. The maximum absolute atomic E-state index is 12.1. The predicted molar refractivity (Wildman–Crippen MR) is 135 cm³/mol. The van der Waals surface area contributed by atoms with Crippen molar-refractivity contribution in [3.05, 3.63) is 60.2 Å². The average molecular weight is 477 g/mol. The van der Waals surface area contributed by atoms with Crippen LogP contribution in [0.2, 0.25) is 0 Å². The predicted octanol–water partition coefficient (Wildman–Crippen LogP) is 2.43. The van der Waals surface area contributed by atoms with Gasteiger partial charge in [-0.3, -0.25) is 10.7 Å². The van der Waals surface area contributed by atoms with Crippen LogP contribution in [0, 0.1) is 5.41 Å². The molecule has 1 aliphatic heterocycles. The normalized spacial score (nSPS) is 17.6. The van der Waals surface area contributed by atoms with Crippen molar-refractivity contribution in [2.75, 3.05) is 41.4 Å². The topological polar surface area (TPSA) is 178 Å². The van der Waals surface area contributed by atoms with Crippen molar-refractivity contribution < 1.29 is 14.3 Å². The monoisotopic (exact) mass is 476 g/mol. The molecule has 0 spiro atoms. The van der Waals surface area contributed by atoms with Gasteiger partial charge in [0, 0.05) is 35.1 Å². The molecule has 1 saturated heterocycles. The minimum Gasteiger partial charge on any atom is -0.446 e. The van der Waals surface area contributed by atoms with Gasteiger partial charge >= 0.3 is 6.09 Å². The highest BCUT2D eigenvalue weighted by Crippen LogP contribution is 2.28. The van der Waals surface area contributed by atoms with Gasteiger partial charge in [0.1, 0.15) is 24.4 Å². The van der Waals surface area contributed by atoms with Gasteiger partial charge in [-0.1, -0.05) is 24.3 Å². The molecule has 11 nitrogen and oxygen atoms in total. The lowest BCUT2D eigenvalue weighted by molar-refractivity contribution is -0.0138. The Morgan fingerprint density at radius 1 is 1.20 bits per heavy atom. The smallest absolute Gasteiger partial charge is 0.411 e. The van der Waals surface area contributed by atoms with Crippen LogP contribution in [0.4, 0.5) is 27.9 Å². The fraction of sp³-hybridized carbons (Fsp3) is 0.250. The van der Waals surface area contributed by atoms with Gasteiger partial charge in [0.05, 0.1) is 18.3 Å². The molecule has 1 aromatic heterocycles. The van der Waals surface area contributed by atoms with Gasteiger partial charge < -0.3 is 31.6 Å². The second-order valence-electron chi connectivity index (χ2n) is 8.23. The molecule has 2 unspecified atom stereocenters. The van der Waals surface area contributed by atoms with E-state index in [9.17, 15) is 4.79 Å². The Morgan fingerprint density at radius 3 is 2.69 bits per heavy atom. The second kappa shape index (κ2) is 10.3. The molecule has 182 valence electrons. The second-order valence-corrected chi connectivity index (χ2v) is 8.23. The Labute approximate surface area is 202 Å². The summed E-state index contributed by atoms with van der Waals surface area (Å²) in [6.45, 7) is 2.96. The zero-order valence-electron chi connectivity index (χ0n) is 19.3. The first-order chi connectivity index (χ1) is 16.8. The van der Waals surface area contributed by atoms with E-state index in [-0.39, 0.29) is 30.5 Å². The molecule has 0 aliphatic carbocycles. The Kier molecular flexibility index (Phi) is 6.97. The highest BCUT2D eigenvalue weighted by Gasteiger charge is 2.29. The Hall–Kier alpha value is -4.38. The summed E-state index contributed by atoms with van der Waals surface area (Å²) >= 11 is 0. The average Bonchev–Trinajstić information content (AvgIpc) is 2.83. The molecule has 1 aliphatic rings. The van der Waals surface area contributed by atoms with Gasteiger partial charge in [0.25, 0.3) is 0 Å². The highest BCUT2D eigenvalue weighted by molar-refractivity contribution is 6.00. The summed E-state index contributed by atoms with van der Waals surface area (Å²) in [5.41, 5.74) is 20.4. The first kappa shape index (κ1) is 23.8. The first-order valence-corrected chi connectivity index (χ1v) is 11.1. The Bertz CT molecular complexity index is 1220. The van der Waals surface area contributed by atoms with E-state index in [1.54, 1.807) is 30.3 Å². The van der Waals surface area contributed by atoms with Crippen molar-refractivity contribution in [1.29, 1.82) is 5.41 Å². The lowest BCUT2D eigenvalue weighted by Gasteiger charge is -2.38. The summed E-state index contributed by atoms with van der Waals surface area (Å²) in [5, 5.41) is 10.3. The van der Waals surface area contributed by atoms with E-state index in [1.807, 2.05) is 36.1 Å². The standard InChI is InChI=1S/C24H28N8O3/c1-14-12-34-17(13-35-24(33)29-16-5-3-2-4-6-16)11-32(14)21-10-20(30-23(28)31-21)15-7-8-18(22(26)27)19(25)9-15/h2-10,14,17H,11-13,25H2,1H3,(H3,26,27)(H,29,33)(H2,28,30,31). The van der Waals surface area contributed by atoms with Crippen LogP contribution >= 0.6 is 0 Å². The summed E-state index contributed by atoms with van der Waals surface area (Å²) in [4.78, 5) is 23.0. The van der Waals surface area contributed by atoms with Crippen molar-refractivity contribution in [3.63, 3.8) is 0 Å². The third-order valence-corrected chi connectivity index (χ3v) is 5.59. The van der Waals surface area contributed by atoms with Crippen LogP contribution in [0.3, 0.4) is 0 Å². The number of amidine groups is 1. The van der Waals surface area contributed by atoms with Gasteiger partial charge in [-0.15, -0.1) is 0 Å². The van der Waals surface area contributed by atoms with E-state index in [0.717, 1.165) is 5.56 Å². The fourth-order valence-corrected chi connectivity index (χ4v) is 3.80. The number of aromatic nitrogens is 2. The highest BCUT2D eigenvalue weighted by atomic mass is 16.6. The number of hydrogen-bond acceptors (Lipinski definition) is 9. The zero-order chi connectivity index (χ0) is 24.9. The van der Waals surface area contributed by atoms with Crippen molar-refractivity contribution in [1.82, 2.24) is 9.97 Å². The molecule has 0 radical (unpaired) electrons. The van der Waals surface area contributed by atoms with Crippen LogP contribution in [0.25, 0.3) is 11.3 Å². The van der Waals surface area contributed by atoms with E-state index in [4.69, 9.17) is 32.1 Å². The molecule has 35 heavy (non-hydrogen) atoms. The summed E-state index contributed by atoms with van der Waals surface area (Å²) in [6, 6.07) is 16.1. The molecule has 4 rings (SSSR count). The number of morpholine rings is 1. The van der Waals surface area contributed by atoms with E-state index >= 15 is 0 Å². The van der Waals surface area contributed by atoms with Gasteiger partial charge in [-0.25, -0.2) is 9.78 Å². The lowest BCUT2D eigenvalue weighted by Crippen LogP contribution is -2.50. The first-order valence-electron chi connectivity index (χ1n) is 11.1. The molecular weight excluding hydrogens is 448 g/mol. The van der Waals surface area contributed by atoms with Crippen LogP contribution < -0.4 is 27.4 Å². The molecule has 0 bridgehead atoms. The zero-order valence-corrected chi connectivity index (χ0v) is 19.3. The molecule has 11 heteroatoms. The molecule has 2 atom stereocenters. The number of nitrogens with two attached hydrogens (primary N) is 3. The van der Waals surface area contributed by atoms with Crippen LogP contribution in [0.15, 0.2) is 54.6 Å². The fourth-order valence-electron chi connectivity index (χ4n) is 3.80. The molecule has 2 aromatic carbocycles. The number of nitrogen functional groups attached to an aromatic ring is 3. The van der Waals surface area contributed by atoms with Crippen molar-refractivity contribution in [2.45, 2.75) is 19.1 Å². The summed E-state index contributed by atoms with van der Waals surface area (Å²) < 4.78 is 11.2. The number of benzene rings is 2. The Morgan fingerprint density at radius 2 is 1.97 bits per heavy atom. The van der Waals surface area contributed by atoms with Crippen LogP contribution in [0.5, 0.6) is 0 Å². The molecule has 8 N–H and O–H groups in total. The van der Waals surface area contributed by atoms with E-state index in [2.05, 4.69) is 15.3 Å². The van der Waals surface area contributed by atoms with Gasteiger partial charge in [0.15, 0.2) is 0 Å². The summed E-state index contributed by atoms with van der Waals surface area (Å²) in [6.07, 6.45) is -0.900. The van der Waals surface area contributed by atoms with Crippen LogP contribution in [-0.4, -0.2) is 53.8 Å². The quantitative estimate of drug-likeness (QED) is 0.203. The summed E-state index contributed by atoms with van der Waals surface area (Å²) in [5.74, 6) is 0.626. The van der Waals surface area contributed by atoms with E-state index in [0.29, 0.717) is 41.6 Å². The number of nitrogens with zero attached hydrogens (tertiary/aromatic N) is 3. The third-order valence-electron chi connectivity index (χ3n) is 5.59. The minimum absolute atomic E-state index is 0.0108. The van der Waals surface area contributed by atoms with Crippen LogP contribution in [0.1, 0.15) is 12.5 Å². The number of ether oxygens (including phenoxy) is 2. The number of anilines is 4. The third kappa shape index (κ3) is 5.76. The van der Waals surface area contributed by atoms with Crippen molar-refractivity contribution in [2.24, 2.45) is 5.73 Å². The van der Waals surface area contributed by atoms with Gasteiger partial charge in [0.2, 0.25) is 5.95 Å². The number of amides is 1. The van der Waals surface area contributed by atoms with Gasteiger partial charge in [-0.2, -0.15) is 4.98 Å². The van der Waals surface area contributed by atoms with Gasteiger partial charge in [-0.05, 0) is 31.2 Å². The Balaban J connectivity index is 1.46. The number of carbonyl (C=O) groups excluding carboxylic acids is 1. The maximum atomic E-state index is 12.1. The number of hydrogen-bond donors (Lipinski definition) is 5. The number of carbonyl (C=O) groups is 1. The lowest BCUT2D eigenvalue weighted by atomic mass is 10.1. The number of para-hydroxylation sites is 1. The molecule has 2 heterocycles. The summed E-state index contributed by atoms with van der Waals surface area (Å²) in [7, 11) is 0. The number of nitrogens with one attached hydrogen (secondary N) is 2.